The minimum Gasteiger partial charge on any atom is -0.461 e. The van der Waals surface area contributed by atoms with Crippen LogP contribution in [0.3, 0.4) is 0 Å². The molecule has 7 nitrogen and oxygen atoms in total. The molecule has 0 fully saturated rings. The summed E-state index contributed by atoms with van der Waals surface area (Å²) in [6.07, 6.45) is 2.57. The summed E-state index contributed by atoms with van der Waals surface area (Å²) in [4.78, 5) is 46.8. The molecule has 2 rings (SSSR count). The number of hydrogen-bond acceptors (Lipinski definition) is 5. The monoisotopic (exact) mass is 399 g/mol. The van der Waals surface area contributed by atoms with Crippen molar-refractivity contribution in [2.45, 2.75) is 53.5 Å². The van der Waals surface area contributed by atoms with E-state index in [2.05, 4.69) is 9.97 Å². The normalized spacial score (nSPS) is 11.8. The quantitative estimate of drug-likeness (QED) is 0.516. The van der Waals surface area contributed by atoms with Gasteiger partial charge in [-0.3, -0.25) is 14.6 Å². The fourth-order valence-corrected chi connectivity index (χ4v) is 3.40. The Kier molecular flexibility index (Phi) is 7.70. The molecule has 0 aromatic carbocycles. The SMILES string of the molecule is CCOC(=O)c1[nH]c(C)c(C(=O)[C@@H](C)N(CCc2ccccn2)C(=O)CC)c1C. The van der Waals surface area contributed by atoms with Crippen LogP contribution >= 0.6 is 0 Å². The lowest BCUT2D eigenvalue weighted by atomic mass is 9.99. The van der Waals surface area contributed by atoms with Crippen LogP contribution in [0.15, 0.2) is 24.4 Å². The predicted octanol–water partition coefficient (Wildman–Crippen LogP) is 3.26. The van der Waals surface area contributed by atoms with E-state index in [9.17, 15) is 14.4 Å². The molecule has 0 aliphatic carbocycles. The Morgan fingerprint density at radius 3 is 2.52 bits per heavy atom. The van der Waals surface area contributed by atoms with Gasteiger partial charge < -0.3 is 14.6 Å². The summed E-state index contributed by atoms with van der Waals surface area (Å²) in [5.74, 6) is -0.788. The van der Waals surface area contributed by atoms with Gasteiger partial charge in [0.2, 0.25) is 5.91 Å². The lowest BCUT2D eigenvalue weighted by Crippen LogP contribution is -2.44. The summed E-state index contributed by atoms with van der Waals surface area (Å²) in [5.41, 5.74) is 2.72. The molecule has 2 heterocycles. The second kappa shape index (κ2) is 10.0. The van der Waals surface area contributed by atoms with Crippen LogP contribution in [0.4, 0.5) is 0 Å². The van der Waals surface area contributed by atoms with E-state index >= 15 is 0 Å². The summed E-state index contributed by atoms with van der Waals surface area (Å²) < 4.78 is 5.05. The van der Waals surface area contributed by atoms with E-state index in [1.165, 1.54) is 0 Å². The maximum atomic E-state index is 13.3. The van der Waals surface area contributed by atoms with Gasteiger partial charge in [-0.15, -0.1) is 0 Å². The molecule has 156 valence electrons. The van der Waals surface area contributed by atoms with Gasteiger partial charge >= 0.3 is 5.97 Å². The molecule has 1 atom stereocenters. The van der Waals surface area contributed by atoms with Crippen molar-refractivity contribution in [2.24, 2.45) is 0 Å². The molecule has 0 aliphatic rings. The van der Waals surface area contributed by atoms with Crippen LogP contribution in [0.1, 0.15) is 65.0 Å². The first-order valence-corrected chi connectivity index (χ1v) is 9.91. The number of aromatic amines is 1. The number of carbonyl (C=O) groups excluding carboxylic acids is 3. The number of aryl methyl sites for hydroxylation is 1. The zero-order valence-corrected chi connectivity index (χ0v) is 17.7. The van der Waals surface area contributed by atoms with Gasteiger partial charge in [-0.2, -0.15) is 0 Å². The van der Waals surface area contributed by atoms with Gasteiger partial charge in [0.1, 0.15) is 5.69 Å². The topological polar surface area (TPSA) is 92.4 Å². The number of nitrogens with zero attached hydrogens (tertiary/aromatic N) is 2. The highest BCUT2D eigenvalue weighted by Gasteiger charge is 2.30. The molecule has 29 heavy (non-hydrogen) atoms. The average Bonchev–Trinajstić information content (AvgIpc) is 3.02. The average molecular weight is 399 g/mol. The van der Waals surface area contributed by atoms with Gasteiger partial charge in [-0.05, 0) is 45.4 Å². The van der Waals surface area contributed by atoms with E-state index < -0.39 is 12.0 Å². The van der Waals surface area contributed by atoms with Crippen molar-refractivity contribution in [3.05, 3.63) is 52.6 Å². The maximum Gasteiger partial charge on any atom is 0.355 e. The lowest BCUT2D eigenvalue weighted by molar-refractivity contribution is -0.132. The molecule has 0 bridgehead atoms. The number of aromatic nitrogens is 2. The highest BCUT2D eigenvalue weighted by molar-refractivity contribution is 6.06. The van der Waals surface area contributed by atoms with Gasteiger partial charge in [0, 0.05) is 42.5 Å². The minimum absolute atomic E-state index is 0.0989. The predicted molar refractivity (Wildman–Crippen MR) is 110 cm³/mol. The van der Waals surface area contributed by atoms with Gasteiger partial charge in [-0.25, -0.2) is 4.79 Å². The molecule has 0 aliphatic heterocycles. The number of carbonyl (C=O) groups is 3. The van der Waals surface area contributed by atoms with Crippen molar-refractivity contribution in [1.82, 2.24) is 14.9 Å². The number of rotatable bonds is 9. The van der Waals surface area contributed by atoms with E-state index in [-0.39, 0.29) is 24.0 Å². The highest BCUT2D eigenvalue weighted by Crippen LogP contribution is 2.22. The third-order valence-corrected chi connectivity index (χ3v) is 4.97. The summed E-state index contributed by atoms with van der Waals surface area (Å²) in [7, 11) is 0. The standard InChI is InChI=1S/C22H29N3O4/c1-6-18(26)25(13-11-17-10-8-9-12-23-17)16(5)21(27)19-14(3)20(24-15(19)4)22(28)29-7-2/h8-10,12,16,24H,6-7,11,13H2,1-5H3/t16-/m1/s1. The first-order chi connectivity index (χ1) is 13.8. The van der Waals surface area contributed by atoms with Crippen LogP contribution in [0, 0.1) is 13.8 Å². The molecular weight excluding hydrogens is 370 g/mol. The van der Waals surface area contributed by atoms with Crippen LogP contribution in [0.25, 0.3) is 0 Å². The Morgan fingerprint density at radius 2 is 1.93 bits per heavy atom. The van der Waals surface area contributed by atoms with Crippen molar-refractivity contribution in [2.75, 3.05) is 13.2 Å². The maximum absolute atomic E-state index is 13.3. The lowest BCUT2D eigenvalue weighted by Gasteiger charge is -2.28. The second-order valence-electron chi connectivity index (χ2n) is 6.90. The number of H-pyrrole nitrogens is 1. The Bertz CT molecular complexity index is 874. The van der Waals surface area contributed by atoms with Crippen LogP contribution in [-0.2, 0) is 16.0 Å². The van der Waals surface area contributed by atoms with Crippen LogP contribution in [0.5, 0.6) is 0 Å². The Morgan fingerprint density at radius 1 is 1.21 bits per heavy atom. The summed E-state index contributed by atoms with van der Waals surface area (Å²) in [5, 5.41) is 0. The molecule has 2 aromatic heterocycles. The number of Topliss-reactive ketones (excluding diaryl/α,β-unsaturated/α-hetero) is 1. The van der Waals surface area contributed by atoms with Gasteiger partial charge in [0.05, 0.1) is 12.6 Å². The second-order valence-corrected chi connectivity index (χ2v) is 6.90. The van der Waals surface area contributed by atoms with Gasteiger partial charge in [0.15, 0.2) is 5.78 Å². The van der Waals surface area contributed by atoms with E-state index in [0.717, 1.165) is 5.69 Å². The van der Waals surface area contributed by atoms with E-state index in [0.29, 0.717) is 36.2 Å². The molecule has 0 radical (unpaired) electrons. The Labute approximate surface area is 171 Å². The highest BCUT2D eigenvalue weighted by atomic mass is 16.5. The largest absolute Gasteiger partial charge is 0.461 e. The van der Waals surface area contributed by atoms with Crippen molar-refractivity contribution in [1.29, 1.82) is 0 Å². The van der Waals surface area contributed by atoms with E-state index in [1.807, 2.05) is 18.2 Å². The molecule has 1 amide bonds. The number of hydrogen-bond donors (Lipinski definition) is 1. The molecule has 1 N–H and O–H groups in total. The van der Waals surface area contributed by atoms with E-state index in [1.54, 1.807) is 45.7 Å². The molecule has 7 heteroatoms. The van der Waals surface area contributed by atoms with Crippen molar-refractivity contribution >= 4 is 17.7 Å². The zero-order valence-electron chi connectivity index (χ0n) is 17.7. The number of esters is 1. The van der Waals surface area contributed by atoms with Crippen LogP contribution in [-0.4, -0.2) is 51.7 Å². The van der Waals surface area contributed by atoms with E-state index in [4.69, 9.17) is 4.74 Å². The van der Waals surface area contributed by atoms with Crippen molar-refractivity contribution in [3.63, 3.8) is 0 Å². The fraction of sp³-hybridized carbons (Fsp3) is 0.455. The number of amides is 1. The Hall–Kier alpha value is -2.96. The molecule has 0 saturated heterocycles. The van der Waals surface area contributed by atoms with Crippen molar-refractivity contribution < 1.29 is 19.1 Å². The number of ketones is 1. The van der Waals surface area contributed by atoms with Crippen molar-refractivity contribution in [3.8, 4) is 0 Å². The van der Waals surface area contributed by atoms with Gasteiger partial charge in [-0.1, -0.05) is 13.0 Å². The van der Waals surface area contributed by atoms with Crippen LogP contribution < -0.4 is 0 Å². The first-order valence-electron chi connectivity index (χ1n) is 9.91. The number of ether oxygens (including phenoxy) is 1. The van der Waals surface area contributed by atoms with Gasteiger partial charge in [0.25, 0.3) is 0 Å². The molecule has 0 spiro atoms. The molecule has 0 unspecified atom stereocenters. The first kappa shape index (κ1) is 22.3. The molecule has 2 aromatic rings. The fourth-order valence-electron chi connectivity index (χ4n) is 3.40. The molecule has 0 saturated carbocycles. The summed E-state index contributed by atoms with van der Waals surface area (Å²) in [6.45, 7) is 9.34. The number of pyridine rings is 1. The summed E-state index contributed by atoms with van der Waals surface area (Å²) >= 11 is 0. The Balaban J connectivity index is 2.26. The third-order valence-electron chi connectivity index (χ3n) is 4.97. The summed E-state index contributed by atoms with van der Waals surface area (Å²) in [6, 6.07) is 4.97. The molecular formula is C22H29N3O4. The zero-order chi connectivity index (χ0) is 21.6. The smallest absolute Gasteiger partial charge is 0.355 e. The third kappa shape index (κ3) is 5.10. The minimum atomic E-state index is -0.658. The van der Waals surface area contributed by atoms with Crippen LogP contribution in [0.2, 0.25) is 0 Å². The number of nitrogens with one attached hydrogen (secondary N) is 1.